The van der Waals surface area contributed by atoms with Crippen LogP contribution in [0.3, 0.4) is 0 Å². The average molecular weight is 401 g/mol. The number of carbonyl (C=O) groups is 2. The van der Waals surface area contributed by atoms with Gasteiger partial charge in [-0.1, -0.05) is 36.4 Å². The lowest BCUT2D eigenvalue weighted by molar-refractivity contribution is -0.132. The topological polar surface area (TPSA) is 71.5 Å². The minimum atomic E-state index is -0.657. The lowest BCUT2D eigenvalue weighted by Crippen LogP contribution is -2.36. The summed E-state index contributed by atoms with van der Waals surface area (Å²) in [5, 5.41) is 2.84. The highest BCUT2D eigenvalue weighted by molar-refractivity contribution is 6.09. The van der Waals surface area contributed by atoms with E-state index < -0.39 is 5.92 Å². The number of aromatic nitrogens is 1. The van der Waals surface area contributed by atoms with E-state index in [1.165, 1.54) is 0 Å². The van der Waals surface area contributed by atoms with Gasteiger partial charge in [-0.2, -0.15) is 0 Å². The molecule has 152 valence electrons. The lowest BCUT2D eigenvalue weighted by atomic mass is 10.1. The molecule has 1 aromatic heterocycles. The first-order valence-corrected chi connectivity index (χ1v) is 9.95. The maximum atomic E-state index is 12.8. The van der Waals surface area contributed by atoms with Gasteiger partial charge in [0.25, 0.3) is 0 Å². The number of amides is 2. The van der Waals surface area contributed by atoms with Gasteiger partial charge in [-0.3, -0.25) is 14.6 Å². The molecule has 2 aromatic carbocycles. The first kappa shape index (κ1) is 19.6. The van der Waals surface area contributed by atoms with Gasteiger partial charge in [0, 0.05) is 31.2 Å². The van der Waals surface area contributed by atoms with Crippen molar-refractivity contribution >= 4 is 17.5 Å². The van der Waals surface area contributed by atoms with Crippen LogP contribution in [0.5, 0.6) is 5.75 Å². The SMILES string of the molecule is O=C(NCc1cccnc1)C1CCN(c2ccc(OCc3ccccc3)cc2)C1=O. The molecule has 30 heavy (non-hydrogen) atoms. The highest BCUT2D eigenvalue weighted by Crippen LogP contribution is 2.27. The van der Waals surface area contributed by atoms with Crippen molar-refractivity contribution in [2.24, 2.45) is 5.92 Å². The Kier molecular flexibility index (Phi) is 6.03. The third-order valence-electron chi connectivity index (χ3n) is 5.11. The molecular weight excluding hydrogens is 378 g/mol. The van der Waals surface area contributed by atoms with E-state index in [-0.39, 0.29) is 11.8 Å². The van der Waals surface area contributed by atoms with Crippen molar-refractivity contribution < 1.29 is 14.3 Å². The molecule has 3 aromatic rings. The first-order valence-electron chi connectivity index (χ1n) is 9.95. The van der Waals surface area contributed by atoms with E-state index in [1.807, 2.05) is 66.7 Å². The van der Waals surface area contributed by atoms with Crippen molar-refractivity contribution in [3.63, 3.8) is 0 Å². The molecule has 1 saturated heterocycles. The molecule has 1 aliphatic heterocycles. The average Bonchev–Trinajstić information content (AvgIpc) is 3.19. The van der Waals surface area contributed by atoms with Crippen LogP contribution in [-0.4, -0.2) is 23.3 Å². The molecule has 4 rings (SSSR count). The first-order chi connectivity index (χ1) is 14.7. The summed E-state index contributed by atoms with van der Waals surface area (Å²) in [6.07, 6.45) is 3.89. The predicted octanol–water partition coefficient (Wildman–Crippen LogP) is 3.33. The standard InChI is InChI=1S/C24H23N3O3/c28-23(26-16-19-7-4-13-25-15-19)22-12-14-27(24(22)29)20-8-10-21(11-9-20)30-17-18-5-2-1-3-6-18/h1-11,13,15,22H,12,14,16-17H2,(H,26,28). The fourth-order valence-electron chi connectivity index (χ4n) is 3.46. The molecular formula is C24H23N3O3. The fourth-order valence-corrected chi connectivity index (χ4v) is 3.46. The van der Waals surface area contributed by atoms with Crippen LogP contribution in [-0.2, 0) is 22.7 Å². The van der Waals surface area contributed by atoms with Gasteiger partial charge in [0.15, 0.2) is 0 Å². The Balaban J connectivity index is 1.32. The van der Waals surface area contributed by atoms with E-state index >= 15 is 0 Å². The van der Waals surface area contributed by atoms with Crippen LogP contribution in [0, 0.1) is 5.92 Å². The Morgan fingerprint density at radius 2 is 1.80 bits per heavy atom. The van der Waals surface area contributed by atoms with Crippen LogP contribution >= 0.6 is 0 Å². The number of ether oxygens (including phenoxy) is 1. The zero-order chi connectivity index (χ0) is 20.8. The lowest BCUT2D eigenvalue weighted by Gasteiger charge is -2.17. The molecule has 1 atom stereocenters. The monoisotopic (exact) mass is 401 g/mol. The van der Waals surface area contributed by atoms with Crippen LogP contribution < -0.4 is 15.0 Å². The number of nitrogens with zero attached hydrogens (tertiary/aromatic N) is 2. The minimum Gasteiger partial charge on any atom is -0.489 e. The second-order valence-electron chi connectivity index (χ2n) is 7.18. The van der Waals surface area contributed by atoms with Gasteiger partial charge in [-0.15, -0.1) is 0 Å². The number of rotatable bonds is 7. The summed E-state index contributed by atoms with van der Waals surface area (Å²) in [6, 6.07) is 21.1. The number of carbonyl (C=O) groups excluding carboxylic acids is 2. The minimum absolute atomic E-state index is 0.170. The Hall–Kier alpha value is -3.67. The Bertz CT molecular complexity index is 991. The van der Waals surface area contributed by atoms with Gasteiger partial charge in [-0.25, -0.2) is 0 Å². The number of benzene rings is 2. The van der Waals surface area contributed by atoms with Crippen LogP contribution in [0.25, 0.3) is 0 Å². The summed E-state index contributed by atoms with van der Waals surface area (Å²) >= 11 is 0. The molecule has 2 amide bonds. The Morgan fingerprint density at radius 3 is 2.53 bits per heavy atom. The molecule has 6 heteroatoms. The van der Waals surface area contributed by atoms with E-state index in [4.69, 9.17) is 4.74 Å². The molecule has 2 heterocycles. The summed E-state index contributed by atoms with van der Waals surface area (Å²) in [5.74, 6) is -0.332. The van der Waals surface area contributed by atoms with Crippen LogP contribution in [0.15, 0.2) is 79.1 Å². The summed E-state index contributed by atoms with van der Waals surface area (Å²) in [5.41, 5.74) is 2.77. The van der Waals surface area contributed by atoms with E-state index in [1.54, 1.807) is 17.3 Å². The van der Waals surface area contributed by atoms with Gasteiger partial charge in [0.2, 0.25) is 11.8 Å². The highest BCUT2D eigenvalue weighted by atomic mass is 16.5. The number of hydrogen-bond donors (Lipinski definition) is 1. The molecule has 0 radical (unpaired) electrons. The Morgan fingerprint density at radius 1 is 1.03 bits per heavy atom. The third-order valence-corrected chi connectivity index (χ3v) is 5.11. The second kappa shape index (κ2) is 9.22. The van der Waals surface area contributed by atoms with Gasteiger partial charge in [0.1, 0.15) is 18.3 Å². The van der Waals surface area contributed by atoms with E-state index in [0.29, 0.717) is 26.1 Å². The maximum Gasteiger partial charge on any atom is 0.239 e. The molecule has 1 fully saturated rings. The molecule has 1 aliphatic rings. The normalized spacial score (nSPS) is 15.8. The van der Waals surface area contributed by atoms with Crippen molar-refractivity contribution in [2.75, 3.05) is 11.4 Å². The molecule has 0 aliphatic carbocycles. The molecule has 1 N–H and O–H groups in total. The number of nitrogens with one attached hydrogen (secondary N) is 1. The second-order valence-corrected chi connectivity index (χ2v) is 7.18. The summed E-state index contributed by atoms with van der Waals surface area (Å²) in [4.78, 5) is 30.9. The maximum absolute atomic E-state index is 12.8. The van der Waals surface area contributed by atoms with E-state index in [9.17, 15) is 9.59 Å². The number of hydrogen-bond acceptors (Lipinski definition) is 4. The molecule has 6 nitrogen and oxygen atoms in total. The van der Waals surface area contributed by atoms with Crippen molar-refractivity contribution in [3.8, 4) is 5.75 Å². The predicted molar refractivity (Wildman–Crippen MR) is 114 cm³/mol. The quantitative estimate of drug-likeness (QED) is 0.617. The van der Waals surface area contributed by atoms with Gasteiger partial charge in [-0.05, 0) is 47.9 Å². The smallest absolute Gasteiger partial charge is 0.239 e. The van der Waals surface area contributed by atoms with Crippen molar-refractivity contribution in [3.05, 3.63) is 90.3 Å². The summed E-state index contributed by atoms with van der Waals surface area (Å²) in [6.45, 7) is 1.37. The van der Waals surface area contributed by atoms with Gasteiger partial charge in [0.05, 0.1) is 0 Å². The molecule has 0 bridgehead atoms. The van der Waals surface area contributed by atoms with E-state index in [0.717, 1.165) is 22.6 Å². The van der Waals surface area contributed by atoms with Gasteiger partial charge >= 0.3 is 0 Å². The van der Waals surface area contributed by atoms with Crippen molar-refractivity contribution in [1.82, 2.24) is 10.3 Å². The van der Waals surface area contributed by atoms with Crippen LogP contribution in [0.1, 0.15) is 17.5 Å². The molecule has 0 saturated carbocycles. The third kappa shape index (κ3) is 4.66. The van der Waals surface area contributed by atoms with Crippen molar-refractivity contribution in [2.45, 2.75) is 19.6 Å². The Labute approximate surface area is 175 Å². The summed E-state index contributed by atoms with van der Waals surface area (Å²) < 4.78 is 5.80. The zero-order valence-electron chi connectivity index (χ0n) is 16.5. The highest BCUT2D eigenvalue weighted by Gasteiger charge is 2.37. The number of pyridine rings is 1. The van der Waals surface area contributed by atoms with E-state index in [2.05, 4.69) is 10.3 Å². The molecule has 0 spiro atoms. The largest absolute Gasteiger partial charge is 0.489 e. The zero-order valence-corrected chi connectivity index (χ0v) is 16.5. The van der Waals surface area contributed by atoms with Crippen LogP contribution in [0.2, 0.25) is 0 Å². The summed E-state index contributed by atoms with van der Waals surface area (Å²) in [7, 11) is 0. The fraction of sp³-hybridized carbons (Fsp3) is 0.208. The number of anilines is 1. The van der Waals surface area contributed by atoms with Crippen LogP contribution in [0.4, 0.5) is 5.69 Å². The van der Waals surface area contributed by atoms with Gasteiger partial charge < -0.3 is 15.0 Å². The van der Waals surface area contributed by atoms with Crippen molar-refractivity contribution in [1.29, 1.82) is 0 Å². The molecule has 1 unspecified atom stereocenters.